The fraction of sp³-hybridized carbons (Fsp3) is 0.455. The number of pyridine rings is 1. The quantitative estimate of drug-likeness (QED) is 0.756. The predicted octanol–water partition coefficient (Wildman–Crippen LogP) is 2.74. The van der Waals surface area contributed by atoms with E-state index >= 15 is 0 Å². The van der Waals surface area contributed by atoms with Crippen LogP contribution in [0.25, 0.3) is 10.9 Å². The molecule has 1 atom stereocenters. The third-order valence-electron chi connectivity index (χ3n) is 2.89. The Morgan fingerprint density at radius 3 is 3.19 bits per heavy atom. The van der Waals surface area contributed by atoms with E-state index in [0.717, 1.165) is 34.1 Å². The summed E-state index contributed by atoms with van der Waals surface area (Å²) in [7, 11) is 0. The van der Waals surface area contributed by atoms with Gasteiger partial charge in [0, 0.05) is 18.2 Å². The first-order chi connectivity index (χ1) is 7.86. The highest BCUT2D eigenvalue weighted by Crippen LogP contribution is 2.27. The van der Waals surface area contributed by atoms with E-state index in [-0.39, 0.29) is 6.23 Å². The molecule has 1 unspecified atom stereocenters. The highest BCUT2D eigenvalue weighted by atomic mass is 127. The molecule has 0 aromatic carbocycles. The van der Waals surface area contributed by atoms with Crippen LogP contribution in [0.5, 0.6) is 0 Å². The molecule has 1 fully saturated rings. The molecule has 0 radical (unpaired) electrons. The minimum absolute atomic E-state index is 0.0870. The van der Waals surface area contributed by atoms with Crippen LogP contribution in [0.2, 0.25) is 0 Å². The highest BCUT2D eigenvalue weighted by Gasteiger charge is 2.19. The van der Waals surface area contributed by atoms with Gasteiger partial charge < -0.3 is 4.74 Å². The van der Waals surface area contributed by atoms with Crippen LogP contribution in [0.4, 0.5) is 0 Å². The number of hydrogen-bond acceptors (Lipinski definition) is 3. The highest BCUT2D eigenvalue weighted by molar-refractivity contribution is 14.1. The summed E-state index contributed by atoms with van der Waals surface area (Å²) in [5.74, 6) is 0. The number of rotatable bonds is 1. The van der Waals surface area contributed by atoms with Crippen molar-refractivity contribution in [1.29, 1.82) is 0 Å². The number of hydrogen-bond donors (Lipinski definition) is 0. The number of nitrogens with zero attached hydrogens (tertiary/aromatic N) is 3. The molecule has 0 spiro atoms. The van der Waals surface area contributed by atoms with Gasteiger partial charge in [0.25, 0.3) is 0 Å². The summed E-state index contributed by atoms with van der Waals surface area (Å²) in [5.41, 5.74) is 1.07. The number of aromatic nitrogens is 3. The van der Waals surface area contributed by atoms with Gasteiger partial charge in [-0.1, -0.05) is 0 Å². The second-order valence-corrected chi connectivity index (χ2v) is 4.97. The second kappa shape index (κ2) is 4.29. The van der Waals surface area contributed by atoms with Gasteiger partial charge in [0.2, 0.25) is 0 Å². The number of fused-ring (bicyclic) bond motifs is 1. The molecule has 0 saturated carbocycles. The first-order valence-electron chi connectivity index (χ1n) is 5.45. The van der Waals surface area contributed by atoms with E-state index in [2.05, 4.69) is 32.7 Å². The van der Waals surface area contributed by atoms with Gasteiger partial charge in [0.1, 0.15) is 3.70 Å². The minimum atomic E-state index is 0.0870. The van der Waals surface area contributed by atoms with E-state index < -0.39 is 0 Å². The van der Waals surface area contributed by atoms with Crippen molar-refractivity contribution in [3.05, 3.63) is 22.2 Å². The Morgan fingerprint density at radius 1 is 1.44 bits per heavy atom. The summed E-state index contributed by atoms with van der Waals surface area (Å²) in [5, 5.41) is 5.71. The lowest BCUT2D eigenvalue weighted by Crippen LogP contribution is -2.19. The van der Waals surface area contributed by atoms with E-state index in [4.69, 9.17) is 4.74 Å². The van der Waals surface area contributed by atoms with E-state index in [1.807, 2.05) is 16.9 Å². The van der Waals surface area contributed by atoms with Gasteiger partial charge in [-0.2, -0.15) is 5.10 Å². The van der Waals surface area contributed by atoms with Crippen LogP contribution in [0.1, 0.15) is 25.5 Å². The predicted molar refractivity (Wildman–Crippen MR) is 69.1 cm³/mol. The van der Waals surface area contributed by atoms with Gasteiger partial charge in [0.15, 0.2) is 6.23 Å². The summed E-state index contributed by atoms with van der Waals surface area (Å²) >= 11 is 2.26. The molecule has 16 heavy (non-hydrogen) atoms. The minimum Gasteiger partial charge on any atom is -0.356 e. The Labute approximate surface area is 107 Å². The lowest BCUT2D eigenvalue weighted by atomic mass is 10.2. The van der Waals surface area contributed by atoms with Crippen LogP contribution in [0, 0.1) is 3.70 Å². The molecule has 84 valence electrons. The van der Waals surface area contributed by atoms with E-state index in [1.54, 1.807) is 6.20 Å². The Balaban J connectivity index is 2.08. The maximum atomic E-state index is 5.75. The molecule has 1 saturated heterocycles. The third kappa shape index (κ3) is 1.71. The standard InChI is InChI=1S/C11H12IN3O/c12-11-8-4-5-13-7-9(8)15(14-11)10-3-1-2-6-16-10/h4-5,7,10H,1-3,6H2. The number of halogens is 1. The van der Waals surface area contributed by atoms with Crippen molar-refractivity contribution in [1.82, 2.24) is 14.8 Å². The van der Waals surface area contributed by atoms with Crippen molar-refractivity contribution in [2.75, 3.05) is 6.61 Å². The molecule has 0 aliphatic carbocycles. The van der Waals surface area contributed by atoms with Crippen LogP contribution in [0.3, 0.4) is 0 Å². The Kier molecular flexibility index (Phi) is 2.81. The van der Waals surface area contributed by atoms with Crippen LogP contribution in [-0.4, -0.2) is 21.4 Å². The van der Waals surface area contributed by atoms with Crippen LogP contribution in [-0.2, 0) is 4.74 Å². The van der Waals surface area contributed by atoms with Crippen LogP contribution < -0.4 is 0 Å². The average Bonchev–Trinajstić information content (AvgIpc) is 2.69. The molecule has 0 N–H and O–H groups in total. The summed E-state index contributed by atoms with van der Waals surface area (Å²) in [6.07, 6.45) is 7.17. The molecule has 3 heterocycles. The van der Waals surface area contributed by atoms with E-state index in [0.29, 0.717) is 0 Å². The first kappa shape index (κ1) is 10.5. The Hall–Kier alpha value is -0.690. The molecule has 0 bridgehead atoms. The van der Waals surface area contributed by atoms with Gasteiger partial charge in [-0.25, -0.2) is 4.68 Å². The fourth-order valence-electron chi connectivity index (χ4n) is 2.08. The van der Waals surface area contributed by atoms with Gasteiger partial charge in [0.05, 0.1) is 11.7 Å². The molecule has 3 rings (SSSR count). The monoisotopic (exact) mass is 329 g/mol. The zero-order chi connectivity index (χ0) is 11.0. The SMILES string of the molecule is Ic1nn(C2CCCCO2)c2cnccc12. The maximum Gasteiger partial charge on any atom is 0.150 e. The maximum absolute atomic E-state index is 5.75. The van der Waals surface area contributed by atoms with Gasteiger partial charge >= 0.3 is 0 Å². The molecule has 2 aromatic heterocycles. The largest absolute Gasteiger partial charge is 0.356 e. The van der Waals surface area contributed by atoms with Crippen LogP contribution in [0.15, 0.2) is 18.5 Å². The van der Waals surface area contributed by atoms with Crippen molar-refractivity contribution in [3.8, 4) is 0 Å². The molecular formula is C11H12IN3O. The van der Waals surface area contributed by atoms with Gasteiger partial charge in [-0.15, -0.1) is 0 Å². The summed E-state index contributed by atoms with van der Waals surface area (Å²) in [6.45, 7) is 0.836. The zero-order valence-electron chi connectivity index (χ0n) is 8.77. The molecular weight excluding hydrogens is 317 g/mol. The smallest absolute Gasteiger partial charge is 0.150 e. The average molecular weight is 329 g/mol. The van der Waals surface area contributed by atoms with Crippen molar-refractivity contribution < 1.29 is 4.74 Å². The van der Waals surface area contributed by atoms with E-state index in [9.17, 15) is 0 Å². The van der Waals surface area contributed by atoms with Gasteiger partial charge in [-0.05, 0) is 47.9 Å². The molecule has 2 aromatic rings. The molecule has 1 aliphatic heterocycles. The third-order valence-corrected chi connectivity index (χ3v) is 3.69. The molecule has 4 nitrogen and oxygen atoms in total. The number of ether oxygens (including phenoxy) is 1. The molecule has 5 heteroatoms. The summed E-state index contributed by atoms with van der Waals surface area (Å²) in [6, 6.07) is 2.00. The molecule has 0 amide bonds. The van der Waals surface area contributed by atoms with Gasteiger partial charge in [-0.3, -0.25) is 4.98 Å². The molecule has 1 aliphatic rings. The van der Waals surface area contributed by atoms with Crippen molar-refractivity contribution in [2.24, 2.45) is 0 Å². The fourth-order valence-corrected chi connectivity index (χ4v) is 2.77. The lowest BCUT2D eigenvalue weighted by molar-refractivity contribution is -0.0369. The Bertz CT molecular complexity index is 505. The lowest BCUT2D eigenvalue weighted by Gasteiger charge is -2.23. The normalized spacial score (nSPS) is 21.4. The first-order valence-corrected chi connectivity index (χ1v) is 6.53. The second-order valence-electron chi connectivity index (χ2n) is 3.95. The Morgan fingerprint density at radius 2 is 2.38 bits per heavy atom. The van der Waals surface area contributed by atoms with Crippen molar-refractivity contribution in [2.45, 2.75) is 25.5 Å². The van der Waals surface area contributed by atoms with Crippen molar-refractivity contribution in [3.63, 3.8) is 0 Å². The zero-order valence-corrected chi connectivity index (χ0v) is 10.9. The van der Waals surface area contributed by atoms with E-state index in [1.165, 1.54) is 6.42 Å². The topological polar surface area (TPSA) is 39.9 Å². The van der Waals surface area contributed by atoms with Crippen molar-refractivity contribution >= 4 is 33.5 Å². The van der Waals surface area contributed by atoms with Crippen LogP contribution >= 0.6 is 22.6 Å². The summed E-state index contributed by atoms with van der Waals surface area (Å²) in [4.78, 5) is 4.16. The summed E-state index contributed by atoms with van der Waals surface area (Å²) < 4.78 is 8.75.